The van der Waals surface area contributed by atoms with E-state index < -0.39 is 0 Å². The van der Waals surface area contributed by atoms with Crippen molar-refractivity contribution in [3.63, 3.8) is 0 Å². The average molecular weight is 569 g/mol. The average Bonchev–Trinajstić information content (AvgIpc) is 3.18. The second kappa shape index (κ2) is 13.1. The fourth-order valence-electron chi connectivity index (χ4n) is 6.44. The predicted molar refractivity (Wildman–Crippen MR) is 169 cm³/mol. The number of nitrogens with one attached hydrogen (secondary N) is 1. The minimum atomic E-state index is -0.102. The van der Waals surface area contributed by atoms with Crippen molar-refractivity contribution in [1.82, 2.24) is 14.8 Å². The molecule has 2 fully saturated rings. The lowest BCUT2D eigenvalue weighted by Crippen LogP contribution is -2.43. The first kappa shape index (κ1) is 27.9. The standard InChI is InChI=1S/C34H40N4O2S/c1-40-29-20-19-26(25-15-7-6-8-16-25)31-30(29)35-34(41-31)36-32(39)27-17-9-10-18-28(27)33(37-21-11-2-3-12-22-37)38-23-13-4-5-14-24-38/h6-10,15-20,33H,2-5,11-14,21-24H2,1H3,(H,35,36,39). The van der Waals surface area contributed by atoms with Crippen LogP contribution in [0.5, 0.6) is 5.75 Å². The van der Waals surface area contributed by atoms with Gasteiger partial charge in [0.2, 0.25) is 0 Å². The van der Waals surface area contributed by atoms with Gasteiger partial charge in [0.05, 0.1) is 18.0 Å². The Morgan fingerprint density at radius 2 is 1.41 bits per heavy atom. The molecule has 6 rings (SSSR count). The number of hydrogen-bond donors (Lipinski definition) is 1. The largest absolute Gasteiger partial charge is 0.494 e. The highest BCUT2D eigenvalue weighted by molar-refractivity contribution is 7.23. The molecule has 0 aliphatic carbocycles. The van der Waals surface area contributed by atoms with Gasteiger partial charge < -0.3 is 4.74 Å². The SMILES string of the molecule is COc1ccc(-c2ccccc2)c2sc(NC(=O)c3ccccc3C(N3CCCCCC3)N3CCCCCC3)nc12. The molecule has 2 aliphatic heterocycles. The molecule has 1 amide bonds. The summed E-state index contributed by atoms with van der Waals surface area (Å²) in [5.41, 5.74) is 4.82. The van der Waals surface area contributed by atoms with Crippen molar-refractivity contribution in [2.45, 2.75) is 57.5 Å². The fourth-order valence-corrected chi connectivity index (χ4v) is 7.46. The van der Waals surface area contributed by atoms with E-state index in [0.717, 1.165) is 58.6 Å². The first-order chi connectivity index (χ1) is 20.2. The van der Waals surface area contributed by atoms with Crippen molar-refractivity contribution < 1.29 is 9.53 Å². The van der Waals surface area contributed by atoms with Crippen LogP contribution in [0, 0.1) is 0 Å². The van der Waals surface area contributed by atoms with E-state index in [1.807, 2.05) is 36.4 Å². The third-order valence-electron chi connectivity index (χ3n) is 8.49. The molecule has 6 nitrogen and oxygen atoms in total. The summed E-state index contributed by atoms with van der Waals surface area (Å²) in [5.74, 6) is 0.605. The van der Waals surface area contributed by atoms with Crippen LogP contribution >= 0.6 is 11.3 Å². The predicted octanol–water partition coefficient (Wildman–Crippen LogP) is 7.97. The molecule has 0 radical (unpaired) electrons. The third kappa shape index (κ3) is 6.17. The molecule has 0 saturated carbocycles. The molecule has 3 aromatic carbocycles. The first-order valence-electron chi connectivity index (χ1n) is 15.1. The molecule has 1 aromatic heterocycles. The second-order valence-corrected chi connectivity index (χ2v) is 12.2. The summed E-state index contributed by atoms with van der Waals surface area (Å²) < 4.78 is 6.65. The Bertz CT molecular complexity index is 1430. The van der Waals surface area contributed by atoms with E-state index in [9.17, 15) is 4.79 Å². The Morgan fingerprint density at radius 3 is 2.05 bits per heavy atom. The number of ether oxygens (including phenoxy) is 1. The lowest BCUT2D eigenvalue weighted by molar-refractivity contribution is 0.0443. The number of methoxy groups -OCH3 is 1. The summed E-state index contributed by atoms with van der Waals surface area (Å²) in [6.45, 7) is 4.32. The minimum absolute atomic E-state index is 0.102. The minimum Gasteiger partial charge on any atom is -0.494 e. The van der Waals surface area contributed by atoms with Crippen LogP contribution in [-0.4, -0.2) is 54.0 Å². The number of benzene rings is 3. The van der Waals surface area contributed by atoms with E-state index in [1.165, 1.54) is 62.7 Å². The maximum Gasteiger partial charge on any atom is 0.257 e. The monoisotopic (exact) mass is 568 g/mol. The van der Waals surface area contributed by atoms with Crippen LogP contribution in [0.2, 0.25) is 0 Å². The van der Waals surface area contributed by atoms with Gasteiger partial charge in [0.25, 0.3) is 5.91 Å². The number of fused-ring (bicyclic) bond motifs is 1. The lowest BCUT2D eigenvalue weighted by Gasteiger charge is -2.40. The number of anilines is 1. The molecule has 41 heavy (non-hydrogen) atoms. The number of carbonyl (C=O) groups is 1. The fraction of sp³-hybridized carbons (Fsp3) is 0.412. The second-order valence-electron chi connectivity index (χ2n) is 11.2. The molecular weight excluding hydrogens is 528 g/mol. The Labute approximate surface area is 247 Å². The van der Waals surface area contributed by atoms with Crippen molar-refractivity contribution in [3.8, 4) is 16.9 Å². The van der Waals surface area contributed by atoms with Gasteiger partial charge in [0.1, 0.15) is 11.3 Å². The zero-order chi connectivity index (χ0) is 28.0. The Morgan fingerprint density at radius 1 is 0.805 bits per heavy atom. The Kier molecular flexibility index (Phi) is 8.94. The summed E-state index contributed by atoms with van der Waals surface area (Å²) in [4.78, 5) is 24.1. The van der Waals surface area contributed by atoms with Gasteiger partial charge in [-0.1, -0.05) is 85.6 Å². The molecule has 0 spiro atoms. The summed E-state index contributed by atoms with van der Waals surface area (Å²) in [7, 11) is 1.66. The topological polar surface area (TPSA) is 57.7 Å². The van der Waals surface area contributed by atoms with E-state index >= 15 is 0 Å². The number of amides is 1. The number of thiazole rings is 1. The molecule has 4 aromatic rings. The Balaban J connectivity index is 1.35. The summed E-state index contributed by atoms with van der Waals surface area (Å²) >= 11 is 1.50. The zero-order valence-electron chi connectivity index (χ0n) is 24.0. The van der Waals surface area contributed by atoms with E-state index in [4.69, 9.17) is 9.72 Å². The number of carbonyl (C=O) groups excluding carboxylic acids is 1. The number of likely N-dealkylation sites (tertiary alicyclic amines) is 2. The highest BCUT2D eigenvalue weighted by Gasteiger charge is 2.31. The van der Waals surface area contributed by atoms with Gasteiger partial charge in [-0.05, 0) is 81.2 Å². The molecule has 1 N–H and O–H groups in total. The van der Waals surface area contributed by atoms with E-state index in [-0.39, 0.29) is 12.1 Å². The van der Waals surface area contributed by atoms with Gasteiger partial charge in [-0.3, -0.25) is 19.9 Å². The third-order valence-corrected chi connectivity index (χ3v) is 9.49. The van der Waals surface area contributed by atoms with Gasteiger partial charge in [-0.15, -0.1) is 0 Å². The van der Waals surface area contributed by atoms with Gasteiger partial charge in [-0.25, -0.2) is 4.98 Å². The molecule has 3 heterocycles. The first-order valence-corrected chi connectivity index (χ1v) is 16.0. The number of nitrogens with zero attached hydrogens (tertiary/aromatic N) is 3. The maximum atomic E-state index is 14.0. The summed E-state index contributed by atoms with van der Waals surface area (Å²) in [6, 6.07) is 22.5. The summed E-state index contributed by atoms with van der Waals surface area (Å²) in [5, 5.41) is 3.77. The molecule has 7 heteroatoms. The molecule has 0 bridgehead atoms. The van der Waals surface area contributed by atoms with Crippen molar-refractivity contribution in [2.75, 3.05) is 38.6 Å². The molecule has 214 valence electrons. The van der Waals surface area contributed by atoms with Crippen molar-refractivity contribution in [3.05, 3.63) is 77.9 Å². The quantitative estimate of drug-likeness (QED) is 0.245. The van der Waals surface area contributed by atoms with Gasteiger partial charge in [0.15, 0.2) is 5.13 Å². The van der Waals surface area contributed by atoms with Crippen molar-refractivity contribution >= 4 is 32.6 Å². The molecular formula is C34H40N4O2S. The van der Waals surface area contributed by atoms with Gasteiger partial charge >= 0.3 is 0 Å². The zero-order valence-corrected chi connectivity index (χ0v) is 24.8. The van der Waals surface area contributed by atoms with E-state index in [1.54, 1.807) is 7.11 Å². The number of aromatic nitrogens is 1. The van der Waals surface area contributed by atoms with Crippen molar-refractivity contribution in [2.24, 2.45) is 0 Å². The summed E-state index contributed by atoms with van der Waals surface area (Å²) in [6.07, 6.45) is 10.1. The van der Waals surface area contributed by atoms with Gasteiger partial charge in [0, 0.05) is 11.1 Å². The van der Waals surface area contributed by atoms with E-state index in [2.05, 4.69) is 45.4 Å². The molecule has 2 saturated heterocycles. The lowest BCUT2D eigenvalue weighted by atomic mass is 10.0. The smallest absolute Gasteiger partial charge is 0.257 e. The van der Waals surface area contributed by atoms with Crippen LogP contribution in [-0.2, 0) is 0 Å². The van der Waals surface area contributed by atoms with E-state index in [0.29, 0.717) is 10.9 Å². The number of hydrogen-bond acceptors (Lipinski definition) is 6. The van der Waals surface area contributed by atoms with Crippen LogP contribution in [0.15, 0.2) is 66.7 Å². The van der Waals surface area contributed by atoms with Gasteiger partial charge in [-0.2, -0.15) is 0 Å². The van der Waals surface area contributed by atoms with Crippen LogP contribution in [0.3, 0.4) is 0 Å². The van der Waals surface area contributed by atoms with Crippen LogP contribution in [0.4, 0.5) is 5.13 Å². The highest BCUT2D eigenvalue weighted by atomic mass is 32.1. The highest BCUT2D eigenvalue weighted by Crippen LogP contribution is 2.40. The van der Waals surface area contributed by atoms with Crippen LogP contribution in [0.25, 0.3) is 21.3 Å². The Hall–Kier alpha value is -3.26. The van der Waals surface area contributed by atoms with Crippen LogP contribution in [0.1, 0.15) is 73.5 Å². The van der Waals surface area contributed by atoms with Crippen LogP contribution < -0.4 is 10.1 Å². The molecule has 2 aliphatic rings. The van der Waals surface area contributed by atoms with Crippen molar-refractivity contribution in [1.29, 1.82) is 0 Å². The molecule has 0 atom stereocenters. The maximum absolute atomic E-state index is 14.0. The number of rotatable bonds is 7. The normalized spacial score (nSPS) is 17.3. The molecule has 0 unspecified atom stereocenters.